The first-order valence-corrected chi connectivity index (χ1v) is 5.85. The summed E-state index contributed by atoms with van der Waals surface area (Å²) in [6.07, 6.45) is 5.31. The van der Waals surface area contributed by atoms with Gasteiger partial charge in [-0.15, -0.1) is 11.3 Å². The normalized spacial score (nSPS) is 12.9. The number of nitrogens with zero attached hydrogens (tertiary/aromatic N) is 1. The van der Waals surface area contributed by atoms with Gasteiger partial charge < -0.3 is 9.73 Å². The lowest BCUT2D eigenvalue weighted by atomic mass is 10.2. The standard InChI is InChI=1S/C11H14N2OS/c1-9(11-13-3-5-15-11)6-12-7-10-2-4-14-8-10/h2-5,8-9,12H,6-7H2,1H3. The lowest BCUT2D eigenvalue weighted by Crippen LogP contribution is -2.19. The van der Waals surface area contributed by atoms with Gasteiger partial charge in [0.2, 0.25) is 0 Å². The van der Waals surface area contributed by atoms with Crippen molar-refractivity contribution in [1.29, 1.82) is 0 Å². The van der Waals surface area contributed by atoms with Crippen LogP contribution >= 0.6 is 11.3 Å². The average molecular weight is 222 g/mol. The molecule has 1 atom stereocenters. The number of hydrogen-bond acceptors (Lipinski definition) is 4. The molecule has 2 aromatic heterocycles. The van der Waals surface area contributed by atoms with Crippen LogP contribution in [0.1, 0.15) is 23.4 Å². The average Bonchev–Trinajstić information content (AvgIpc) is 2.90. The van der Waals surface area contributed by atoms with E-state index in [1.165, 1.54) is 10.6 Å². The highest BCUT2D eigenvalue weighted by Crippen LogP contribution is 2.16. The summed E-state index contributed by atoms with van der Waals surface area (Å²) in [5, 5.41) is 6.59. The van der Waals surface area contributed by atoms with Crippen LogP contribution < -0.4 is 5.32 Å². The first kappa shape index (κ1) is 10.4. The highest BCUT2D eigenvalue weighted by Gasteiger charge is 2.07. The van der Waals surface area contributed by atoms with E-state index in [1.807, 2.05) is 17.6 Å². The smallest absolute Gasteiger partial charge is 0.0965 e. The Hall–Kier alpha value is -1.13. The van der Waals surface area contributed by atoms with Gasteiger partial charge in [0, 0.05) is 36.1 Å². The van der Waals surface area contributed by atoms with Gasteiger partial charge in [-0.05, 0) is 6.07 Å². The summed E-state index contributed by atoms with van der Waals surface area (Å²) in [5.74, 6) is 0.469. The third-order valence-corrected chi connectivity index (χ3v) is 3.24. The molecule has 80 valence electrons. The van der Waals surface area contributed by atoms with E-state index in [1.54, 1.807) is 23.9 Å². The number of aromatic nitrogens is 1. The van der Waals surface area contributed by atoms with Crippen molar-refractivity contribution in [2.24, 2.45) is 0 Å². The molecule has 0 spiro atoms. The van der Waals surface area contributed by atoms with Crippen LogP contribution in [0.25, 0.3) is 0 Å². The van der Waals surface area contributed by atoms with Crippen molar-refractivity contribution in [3.63, 3.8) is 0 Å². The Bertz CT molecular complexity index is 369. The largest absolute Gasteiger partial charge is 0.472 e. The molecule has 1 unspecified atom stereocenters. The maximum absolute atomic E-state index is 4.99. The van der Waals surface area contributed by atoms with E-state index in [9.17, 15) is 0 Å². The summed E-state index contributed by atoms with van der Waals surface area (Å²) >= 11 is 1.71. The zero-order valence-electron chi connectivity index (χ0n) is 8.64. The molecule has 2 rings (SSSR count). The number of thiazole rings is 1. The monoisotopic (exact) mass is 222 g/mol. The van der Waals surface area contributed by atoms with Gasteiger partial charge in [0.05, 0.1) is 17.5 Å². The number of nitrogens with one attached hydrogen (secondary N) is 1. The van der Waals surface area contributed by atoms with Gasteiger partial charge in [0.1, 0.15) is 0 Å². The van der Waals surface area contributed by atoms with Crippen LogP contribution in [0.3, 0.4) is 0 Å². The van der Waals surface area contributed by atoms with E-state index >= 15 is 0 Å². The summed E-state index contributed by atoms with van der Waals surface area (Å²) in [4.78, 5) is 4.29. The SMILES string of the molecule is CC(CNCc1ccoc1)c1nccs1. The molecule has 0 saturated heterocycles. The minimum Gasteiger partial charge on any atom is -0.472 e. The van der Waals surface area contributed by atoms with Crippen molar-refractivity contribution in [1.82, 2.24) is 10.3 Å². The second kappa shape index (κ2) is 5.09. The Balaban J connectivity index is 1.74. The fourth-order valence-corrected chi connectivity index (χ4v) is 2.09. The molecule has 4 heteroatoms. The number of furan rings is 1. The van der Waals surface area contributed by atoms with Crippen molar-refractivity contribution in [2.45, 2.75) is 19.4 Å². The maximum atomic E-state index is 4.99. The van der Waals surface area contributed by atoms with E-state index in [0.29, 0.717) is 5.92 Å². The van der Waals surface area contributed by atoms with Crippen molar-refractivity contribution >= 4 is 11.3 Å². The van der Waals surface area contributed by atoms with E-state index in [2.05, 4.69) is 17.2 Å². The zero-order valence-corrected chi connectivity index (χ0v) is 9.46. The van der Waals surface area contributed by atoms with E-state index in [-0.39, 0.29) is 0 Å². The summed E-state index contributed by atoms with van der Waals surface area (Å²) in [5.41, 5.74) is 1.18. The van der Waals surface area contributed by atoms with E-state index in [0.717, 1.165) is 13.1 Å². The Morgan fingerprint density at radius 2 is 2.53 bits per heavy atom. The summed E-state index contributed by atoms with van der Waals surface area (Å²) in [6, 6.07) is 1.97. The lowest BCUT2D eigenvalue weighted by molar-refractivity contribution is 0.557. The highest BCUT2D eigenvalue weighted by atomic mass is 32.1. The quantitative estimate of drug-likeness (QED) is 0.845. The van der Waals surface area contributed by atoms with Crippen LogP contribution in [0, 0.1) is 0 Å². The highest BCUT2D eigenvalue weighted by molar-refractivity contribution is 7.09. The first-order valence-electron chi connectivity index (χ1n) is 4.97. The Kier molecular flexibility index (Phi) is 3.53. The molecule has 0 aromatic carbocycles. The third kappa shape index (κ3) is 2.91. The molecule has 0 amide bonds. The Morgan fingerprint density at radius 3 is 3.20 bits per heavy atom. The van der Waals surface area contributed by atoms with Crippen LogP contribution in [-0.2, 0) is 6.54 Å². The minimum atomic E-state index is 0.469. The molecule has 15 heavy (non-hydrogen) atoms. The topological polar surface area (TPSA) is 38.1 Å². The van der Waals surface area contributed by atoms with Crippen molar-refractivity contribution in [2.75, 3.05) is 6.54 Å². The van der Waals surface area contributed by atoms with E-state index < -0.39 is 0 Å². The summed E-state index contributed by atoms with van der Waals surface area (Å²) in [7, 11) is 0. The summed E-state index contributed by atoms with van der Waals surface area (Å²) < 4.78 is 4.99. The van der Waals surface area contributed by atoms with Crippen molar-refractivity contribution in [3.8, 4) is 0 Å². The fraction of sp³-hybridized carbons (Fsp3) is 0.364. The number of rotatable bonds is 5. The molecule has 0 aliphatic rings. The molecular formula is C11H14N2OS. The Labute approximate surface area is 93.2 Å². The van der Waals surface area contributed by atoms with Gasteiger partial charge in [-0.3, -0.25) is 0 Å². The fourth-order valence-electron chi connectivity index (χ4n) is 1.39. The van der Waals surface area contributed by atoms with Crippen LogP contribution in [0.15, 0.2) is 34.6 Å². The van der Waals surface area contributed by atoms with Crippen LogP contribution in [0.4, 0.5) is 0 Å². The van der Waals surface area contributed by atoms with Gasteiger partial charge in [0.15, 0.2) is 0 Å². The van der Waals surface area contributed by atoms with Crippen molar-refractivity contribution in [3.05, 3.63) is 40.7 Å². The first-order chi connectivity index (χ1) is 7.36. The molecule has 0 aliphatic heterocycles. The molecular weight excluding hydrogens is 208 g/mol. The molecule has 0 fully saturated rings. The molecule has 0 aliphatic carbocycles. The Morgan fingerprint density at radius 1 is 1.60 bits per heavy atom. The second-order valence-corrected chi connectivity index (χ2v) is 4.46. The predicted octanol–water partition coefficient (Wildman–Crippen LogP) is 2.63. The van der Waals surface area contributed by atoms with Crippen molar-refractivity contribution < 1.29 is 4.42 Å². The molecule has 3 nitrogen and oxygen atoms in total. The van der Waals surface area contributed by atoms with Crippen LogP contribution in [0.5, 0.6) is 0 Å². The second-order valence-electron chi connectivity index (χ2n) is 3.53. The molecule has 0 saturated carbocycles. The molecule has 2 aromatic rings. The van der Waals surface area contributed by atoms with Gasteiger partial charge in [-0.2, -0.15) is 0 Å². The molecule has 0 radical (unpaired) electrons. The zero-order chi connectivity index (χ0) is 10.5. The predicted molar refractivity (Wildman–Crippen MR) is 60.9 cm³/mol. The minimum absolute atomic E-state index is 0.469. The van der Waals surface area contributed by atoms with Gasteiger partial charge in [-0.25, -0.2) is 4.98 Å². The summed E-state index contributed by atoms with van der Waals surface area (Å²) in [6.45, 7) is 3.98. The van der Waals surface area contributed by atoms with E-state index in [4.69, 9.17) is 4.42 Å². The number of hydrogen-bond donors (Lipinski definition) is 1. The van der Waals surface area contributed by atoms with Crippen LogP contribution in [-0.4, -0.2) is 11.5 Å². The van der Waals surface area contributed by atoms with Gasteiger partial charge in [-0.1, -0.05) is 6.92 Å². The van der Waals surface area contributed by atoms with Gasteiger partial charge in [0.25, 0.3) is 0 Å². The maximum Gasteiger partial charge on any atom is 0.0965 e. The lowest BCUT2D eigenvalue weighted by Gasteiger charge is -2.08. The third-order valence-electron chi connectivity index (χ3n) is 2.23. The van der Waals surface area contributed by atoms with Crippen LogP contribution in [0.2, 0.25) is 0 Å². The van der Waals surface area contributed by atoms with Gasteiger partial charge >= 0.3 is 0 Å². The molecule has 1 N–H and O–H groups in total. The molecule has 2 heterocycles. The molecule has 0 bridgehead atoms.